The number of hydrogen-bond acceptors (Lipinski definition) is 5. The van der Waals surface area contributed by atoms with E-state index < -0.39 is 16.1 Å². The molecule has 8 heteroatoms. The molecule has 0 aliphatic rings. The van der Waals surface area contributed by atoms with Gasteiger partial charge in [-0.2, -0.15) is 0 Å². The number of aromatic nitrogens is 1. The van der Waals surface area contributed by atoms with Crippen molar-refractivity contribution < 1.29 is 17.9 Å². The molecule has 1 aromatic heterocycles. The van der Waals surface area contributed by atoms with E-state index in [0.717, 1.165) is 11.1 Å². The fraction of sp³-hybridized carbons (Fsp3) is 0.217. The molecule has 0 radical (unpaired) electrons. The highest BCUT2D eigenvalue weighted by Crippen LogP contribution is 2.20. The van der Waals surface area contributed by atoms with Crippen molar-refractivity contribution in [2.75, 3.05) is 10.0 Å². The van der Waals surface area contributed by atoms with Crippen LogP contribution in [0.2, 0.25) is 0 Å². The van der Waals surface area contributed by atoms with E-state index in [1.54, 1.807) is 18.2 Å². The lowest BCUT2D eigenvalue weighted by Gasteiger charge is -2.18. The monoisotopic (exact) mass is 439 g/mol. The molecule has 0 bridgehead atoms. The van der Waals surface area contributed by atoms with Gasteiger partial charge in [0.25, 0.3) is 15.9 Å². The summed E-state index contributed by atoms with van der Waals surface area (Å²) >= 11 is 0. The van der Waals surface area contributed by atoms with Crippen molar-refractivity contribution in [3.05, 3.63) is 78.0 Å². The predicted molar refractivity (Wildman–Crippen MR) is 121 cm³/mol. The second kappa shape index (κ2) is 9.61. The molecule has 7 nitrogen and oxygen atoms in total. The Morgan fingerprint density at radius 1 is 1.03 bits per heavy atom. The number of hydrogen-bond donors (Lipinski definition) is 2. The third kappa shape index (κ3) is 5.82. The Morgan fingerprint density at radius 2 is 1.77 bits per heavy atom. The normalized spacial score (nSPS) is 12.1. The minimum atomic E-state index is -3.78. The average Bonchev–Trinajstić information content (AvgIpc) is 2.75. The van der Waals surface area contributed by atoms with Crippen molar-refractivity contribution in [2.45, 2.75) is 38.2 Å². The molecule has 0 fully saturated rings. The first-order valence-electron chi connectivity index (χ1n) is 9.87. The van der Waals surface area contributed by atoms with Gasteiger partial charge in [0.1, 0.15) is 11.6 Å². The number of anilines is 2. The molecule has 1 unspecified atom stereocenters. The highest BCUT2D eigenvalue weighted by molar-refractivity contribution is 7.92. The number of nitrogens with zero attached hydrogens (tertiary/aromatic N) is 1. The summed E-state index contributed by atoms with van der Waals surface area (Å²) in [6.07, 6.45) is 1.32. The van der Waals surface area contributed by atoms with Gasteiger partial charge in [0.05, 0.1) is 4.90 Å². The van der Waals surface area contributed by atoms with Crippen molar-refractivity contribution in [1.29, 1.82) is 0 Å². The number of carbonyl (C=O) groups is 1. The zero-order chi connectivity index (χ0) is 22.4. The number of carbonyl (C=O) groups excluding carboxylic acids is 1. The van der Waals surface area contributed by atoms with Gasteiger partial charge in [-0.1, -0.05) is 19.1 Å². The zero-order valence-corrected chi connectivity index (χ0v) is 18.4. The molecule has 162 valence electrons. The molecule has 0 aliphatic carbocycles. The average molecular weight is 440 g/mol. The summed E-state index contributed by atoms with van der Waals surface area (Å²) in [6, 6.07) is 16.6. The molecule has 0 spiro atoms. The van der Waals surface area contributed by atoms with Crippen LogP contribution in [-0.4, -0.2) is 25.4 Å². The Morgan fingerprint density at radius 3 is 2.39 bits per heavy atom. The summed E-state index contributed by atoms with van der Waals surface area (Å²) in [5.74, 6) is 0.559. The van der Waals surface area contributed by atoms with Crippen molar-refractivity contribution >= 4 is 27.4 Å². The Kier molecular flexibility index (Phi) is 6.91. The summed E-state index contributed by atoms with van der Waals surface area (Å²) in [4.78, 5) is 16.7. The molecule has 1 heterocycles. The quantitative estimate of drug-likeness (QED) is 0.546. The van der Waals surface area contributed by atoms with E-state index in [4.69, 9.17) is 4.74 Å². The van der Waals surface area contributed by atoms with E-state index in [-0.39, 0.29) is 16.6 Å². The van der Waals surface area contributed by atoms with Gasteiger partial charge in [0.15, 0.2) is 6.10 Å². The number of ether oxygens (including phenoxy) is 1. The number of aryl methyl sites for hydroxylation is 2. The molecule has 3 rings (SSSR count). The third-order valence-electron chi connectivity index (χ3n) is 4.76. The Hall–Kier alpha value is -3.39. The summed E-state index contributed by atoms with van der Waals surface area (Å²) in [7, 11) is -3.78. The van der Waals surface area contributed by atoms with Crippen LogP contribution in [0.15, 0.2) is 71.8 Å². The Bertz CT molecular complexity index is 1150. The molecule has 3 aromatic rings. The highest BCUT2D eigenvalue weighted by Gasteiger charge is 2.20. The molecule has 1 atom stereocenters. The van der Waals surface area contributed by atoms with Crippen LogP contribution in [0.5, 0.6) is 5.75 Å². The number of nitrogens with one attached hydrogen (secondary N) is 2. The standard InChI is InChI=1S/C23H25N3O4S/c1-4-21(30-19-11-8-16(2)17(3)15-19)23(27)25-18-9-12-20(13-10-18)31(28,29)26-22-7-5-6-14-24-22/h5-15,21H,4H2,1-3H3,(H,24,26)(H,25,27). The number of sulfonamides is 1. The minimum absolute atomic E-state index is 0.0644. The molecule has 2 aromatic carbocycles. The second-order valence-corrected chi connectivity index (χ2v) is 8.78. The molecule has 0 saturated carbocycles. The van der Waals surface area contributed by atoms with E-state index in [2.05, 4.69) is 15.0 Å². The van der Waals surface area contributed by atoms with E-state index in [0.29, 0.717) is 17.9 Å². The van der Waals surface area contributed by atoms with Gasteiger partial charge in [-0.15, -0.1) is 0 Å². The lowest BCUT2D eigenvalue weighted by molar-refractivity contribution is -0.122. The Labute approximate surface area is 182 Å². The number of amides is 1. The van der Waals surface area contributed by atoms with Gasteiger partial charge in [-0.25, -0.2) is 13.4 Å². The highest BCUT2D eigenvalue weighted by atomic mass is 32.2. The molecular weight excluding hydrogens is 414 g/mol. The molecule has 31 heavy (non-hydrogen) atoms. The van der Waals surface area contributed by atoms with E-state index >= 15 is 0 Å². The van der Waals surface area contributed by atoms with Crippen molar-refractivity contribution in [1.82, 2.24) is 4.98 Å². The predicted octanol–water partition coefficient (Wildman–Crippen LogP) is 4.30. The Balaban J connectivity index is 1.66. The summed E-state index contributed by atoms with van der Waals surface area (Å²) in [6.45, 7) is 5.87. The van der Waals surface area contributed by atoms with Crippen LogP contribution in [0.1, 0.15) is 24.5 Å². The van der Waals surface area contributed by atoms with E-state index in [9.17, 15) is 13.2 Å². The maximum atomic E-state index is 12.6. The van der Waals surface area contributed by atoms with Crippen LogP contribution in [0.4, 0.5) is 11.5 Å². The topological polar surface area (TPSA) is 97.4 Å². The van der Waals surface area contributed by atoms with Crippen LogP contribution >= 0.6 is 0 Å². The van der Waals surface area contributed by atoms with Crippen molar-refractivity contribution in [2.24, 2.45) is 0 Å². The number of benzene rings is 2. The van der Waals surface area contributed by atoms with Gasteiger partial charge in [0, 0.05) is 11.9 Å². The molecular formula is C23H25N3O4S. The fourth-order valence-electron chi connectivity index (χ4n) is 2.83. The molecule has 2 N–H and O–H groups in total. The van der Waals surface area contributed by atoms with Crippen LogP contribution in [0, 0.1) is 13.8 Å². The maximum Gasteiger partial charge on any atom is 0.265 e. The lowest BCUT2D eigenvalue weighted by atomic mass is 10.1. The number of pyridine rings is 1. The fourth-order valence-corrected chi connectivity index (χ4v) is 3.84. The number of rotatable bonds is 8. The summed E-state index contributed by atoms with van der Waals surface area (Å²) < 4.78 is 33.2. The smallest absolute Gasteiger partial charge is 0.265 e. The minimum Gasteiger partial charge on any atom is -0.481 e. The van der Waals surface area contributed by atoms with Gasteiger partial charge < -0.3 is 10.1 Å². The SMILES string of the molecule is CCC(Oc1ccc(C)c(C)c1)C(=O)Nc1ccc(S(=O)(=O)Nc2ccccn2)cc1. The van der Waals surface area contributed by atoms with Crippen molar-refractivity contribution in [3.63, 3.8) is 0 Å². The van der Waals surface area contributed by atoms with Crippen LogP contribution in [-0.2, 0) is 14.8 Å². The van der Waals surface area contributed by atoms with E-state index in [1.165, 1.54) is 30.5 Å². The van der Waals surface area contributed by atoms with Gasteiger partial charge in [-0.05, 0) is 79.9 Å². The van der Waals surface area contributed by atoms with Gasteiger partial charge >= 0.3 is 0 Å². The van der Waals surface area contributed by atoms with Gasteiger partial charge in [0.2, 0.25) is 0 Å². The van der Waals surface area contributed by atoms with Gasteiger partial charge in [-0.3, -0.25) is 9.52 Å². The largest absolute Gasteiger partial charge is 0.481 e. The van der Waals surface area contributed by atoms with Crippen LogP contribution < -0.4 is 14.8 Å². The molecule has 0 saturated heterocycles. The maximum absolute atomic E-state index is 12.6. The third-order valence-corrected chi connectivity index (χ3v) is 6.13. The summed E-state index contributed by atoms with van der Waals surface area (Å²) in [5.41, 5.74) is 2.71. The molecule has 1 amide bonds. The van der Waals surface area contributed by atoms with Crippen molar-refractivity contribution in [3.8, 4) is 5.75 Å². The lowest BCUT2D eigenvalue weighted by Crippen LogP contribution is -2.32. The first kappa shape index (κ1) is 22.3. The van der Waals surface area contributed by atoms with Crippen LogP contribution in [0.25, 0.3) is 0 Å². The first-order chi connectivity index (χ1) is 14.8. The van der Waals surface area contributed by atoms with Crippen LogP contribution in [0.3, 0.4) is 0 Å². The summed E-state index contributed by atoms with van der Waals surface area (Å²) in [5, 5.41) is 2.78. The molecule has 0 aliphatic heterocycles. The zero-order valence-electron chi connectivity index (χ0n) is 17.6. The van der Waals surface area contributed by atoms with E-state index in [1.807, 2.05) is 39.0 Å². The second-order valence-electron chi connectivity index (χ2n) is 7.09. The first-order valence-corrected chi connectivity index (χ1v) is 11.4.